The van der Waals surface area contributed by atoms with Crippen molar-refractivity contribution < 1.29 is 9.53 Å². The summed E-state index contributed by atoms with van der Waals surface area (Å²) in [5, 5.41) is 12.4. The predicted octanol–water partition coefficient (Wildman–Crippen LogP) is 1.55. The van der Waals surface area contributed by atoms with Crippen molar-refractivity contribution >= 4 is 16.9 Å². The summed E-state index contributed by atoms with van der Waals surface area (Å²) in [7, 11) is 1.64. The lowest BCUT2D eigenvalue weighted by Crippen LogP contribution is -2.04. The summed E-state index contributed by atoms with van der Waals surface area (Å²) in [4.78, 5) is 12.4. The van der Waals surface area contributed by atoms with Crippen LogP contribution in [0, 0.1) is 0 Å². The molecule has 0 unspecified atom stereocenters. The molecule has 0 aliphatic heterocycles. The molecule has 0 radical (unpaired) electrons. The number of thioether (sulfide) groups is 1. The SMILES string of the molecule is COc1ccc(Cn2nnc(CCSC(C)=O)n2)cc1. The van der Waals surface area contributed by atoms with Gasteiger partial charge < -0.3 is 4.74 Å². The van der Waals surface area contributed by atoms with Crippen LogP contribution in [-0.2, 0) is 17.8 Å². The van der Waals surface area contributed by atoms with Crippen molar-refractivity contribution in [3.8, 4) is 5.75 Å². The first-order chi connectivity index (χ1) is 9.67. The number of aryl methyl sites for hydroxylation is 1. The van der Waals surface area contributed by atoms with Gasteiger partial charge in [-0.25, -0.2) is 0 Å². The maximum Gasteiger partial charge on any atom is 0.185 e. The highest BCUT2D eigenvalue weighted by Crippen LogP contribution is 2.11. The average Bonchev–Trinajstić information content (AvgIpc) is 2.87. The van der Waals surface area contributed by atoms with Crippen LogP contribution in [0.4, 0.5) is 0 Å². The number of rotatable bonds is 6. The molecular weight excluding hydrogens is 276 g/mol. The van der Waals surface area contributed by atoms with Crippen LogP contribution >= 0.6 is 11.8 Å². The molecule has 0 saturated heterocycles. The highest BCUT2D eigenvalue weighted by atomic mass is 32.2. The zero-order valence-corrected chi connectivity index (χ0v) is 12.3. The average molecular weight is 292 g/mol. The Morgan fingerprint density at radius 2 is 2.10 bits per heavy atom. The standard InChI is InChI=1S/C13H16N4O2S/c1-10(18)20-8-7-13-14-16-17(15-13)9-11-3-5-12(19-2)6-4-11/h3-6H,7-9H2,1-2H3. The van der Waals surface area contributed by atoms with E-state index in [1.165, 1.54) is 11.8 Å². The van der Waals surface area contributed by atoms with Crippen molar-refractivity contribution in [2.45, 2.75) is 19.9 Å². The molecule has 2 aromatic rings. The van der Waals surface area contributed by atoms with Gasteiger partial charge in [-0.05, 0) is 22.9 Å². The first kappa shape index (κ1) is 14.5. The normalized spacial score (nSPS) is 10.5. The van der Waals surface area contributed by atoms with Crippen LogP contribution in [0.15, 0.2) is 24.3 Å². The van der Waals surface area contributed by atoms with Gasteiger partial charge in [-0.3, -0.25) is 4.79 Å². The van der Waals surface area contributed by atoms with Crippen LogP contribution < -0.4 is 4.74 Å². The molecule has 1 heterocycles. The van der Waals surface area contributed by atoms with E-state index >= 15 is 0 Å². The molecule has 0 spiro atoms. The molecule has 1 aromatic carbocycles. The Kier molecular flexibility index (Phi) is 5.11. The van der Waals surface area contributed by atoms with Gasteiger partial charge in [0, 0.05) is 19.1 Å². The van der Waals surface area contributed by atoms with Crippen LogP contribution in [0.1, 0.15) is 18.3 Å². The maximum atomic E-state index is 10.8. The molecule has 6 nitrogen and oxygen atoms in total. The van der Waals surface area contributed by atoms with Crippen LogP contribution in [0.25, 0.3) is 0 Å². The lowest BCUT2D eigenvalue weighted by molar-refractivity contribution is -0.109. The van der Waals surface area contributed by atoms with Gasteiger partial charge in [-0.1, -0.05) is 23.9 Å². The van der Waals surface area contributed by atoms with E-state index in [9.17, 15) is 4.79 Å². The molecule has 0 bridgehead atoms. The number of tetrazole rings is 1. The fourth-order valence-corrected chi connectivity index (χ4v) is 2.20. The number of carbonyl (C=O) groups is 1. The van der Waals surface area contributed by atoms with Crippen molar-refractivity contribution in [1.82, 2.24) is 20.2 Å². The summed E-state index contributed by atoms with van der Waals surface area (Å²) >= 11 is 1.27. The topological polar surface area (TPSA) is 69.9 Å². The minimum atomic E-state index is 0.107. The first-order valence-corrected chi connectivity index (χ1v) is 7.19. The van der Waals surface area contributed by atoms with E-state index in [1.807, 2.05) is 24.3 Å². The van der Waals surface area contributed by atoms with Crippen molar-refractivity contribution in [2.24, 2.45) is 0 Å². The molecule has 7 heteroatoms. The van der Waals surface area contributed by atoms with Gasteiger partial charge in [0.2, 0.25) is 0 Å². The third-order valence-electron chi connectivity index (χ3n) is 2.61. The molecule has 2 rings (SSSR count). The molecule has 0 N–H and O–H groups in total. The number of hydrogen-bond donors (Lipinski definition) is 0. The Hall–Kier alpha value is -1.89. The quantitative estimate of drug-likeness (QED) is 0.804. The van der Waals surface area contributed by atoms with Crippen LogP contribution in [-0.4, -0.2) is 38.2 Å². The van der Waals surface area contributed by atoms with Crippen molar-refractivity contribution in [3.05, 3.63) is 35.7 Å². The molecule has 0 saturated carbocycles. The number of nitrogens with zero attached hydrogens (tertiary/aromatic N) is 4. The molecule has 0 fully saturated rings. The third kappa shape index (κ3) is 4.34. The van der Waals surface area contributed by atoms with Crippen molar-refractivity contribution in [2.75, 3.05) is 12.9 Å². The molecule has 0 atom stereocenters. The Labute approximate surface area is 121 Å². The Balaban J connectivity index is 1.89. The van der Waals surface area contributed by atoms with Gasteiger partial charge in [-0.15, -0.1) is 10.2 Å². The summed E-state index contributed by atoms with van der Waals surface area (Å²) in [6.45, 7) is 2.12. The summed E-state index contributed by atoms with van der Waals surface area (Å²) < 4.78 is 5.11. The number of carbonyl (C=O) groups excluding carboxylic acids is 1. The van der Waals surface area contributed by atoms with E-state index in [1.54, 1.807) is 18.8 Å². The van der Waals surface area contributed by atoms with Gasteiger partial charge in [0.25, 0.3) is 0 Å². The predicted molar refractivity (Wildman–Crippen MR) is 76.8 cm³/mol. The number of methoxy groups -OCH3 is 1. The van der Waals surface area contributed by atoms with Gasteiger partial charge in [0.1, 0.15) is 5.75 Å². The Bertz CT molecular complexity index is 568. The molecule has 0 amide bonds. The summed E-state index contributed by atoms with van der Waals surface area (Å²) in [6, 6.07) is 7.73. The lowest BCUT2D eigenvalue weighted by Gasteiger charge is -2.02. The van der Waals surface area contributed by atoms with Crippen LogP contribution in [0.3, 0.4) is 0 Å². The highest BCUT2D eigenvalue weighted by molar-refractivity contribution is 8.13. The first-order valence-electron chi connectivity index (χ1n) is 6.20. The van der Waals surface area contributed by atoms with Crippen molar-refractivity contribution in [1.29, 1.82) is 0 Å². The van der Waals surface area contributed by atoms with E-state index in [0.717, 1.165) is 11.3 Å². The van der Waals surface area contributed by atoms with E-state index < -0.39 is 0 Å². The monoisotopic (exact) mass is 292 g/mol. The van der Waals surface area contributed by atoms with E-state index in [0.29, 0.717) is 24.5 Å². The van der Waals surface area contributed by atoms with E-state index in [4.69, 9.17) is 4.74 Å². The van der Waals surface area contributed by atoms with Gasteiger partial charge >= 0.3 is 0 Å². The molecule has 1 aromatic heterocycles. The number of ether oxygens (including phenoxy) is 1. The fraction of sp³-hybridized carbons (Fsp3) is 0.385. The van der Waals surface area contributed by atoms with Gasteiger partial charge in [-0.2, -0.15) is 4.80 Å². The molecule has 0 aliphatic rings. The lowest BCUT2D eigenvalue weighted by atomic mass is 10.2. The van der Waals surface area contributed by atoms with E-state index in [2.05, 4.69) is 15.4 Å². The molecule has 20 heavy (non-hydrogen) atoms. The number of benzene rings is 1. The number of hydrogen-bond acceptors (Lipinski definition) is 6. The summed E-state index contributed by atoms with van der Waals surface area (Å²) in [5.41, 5.74) is 1.08. The maximum absolute atomic E-state index is 10.8. The largest absolute Gasteiger partial charge is 0.497 e. The number of aromatic nitrogens is 4. The fourth-order valence-electron chi connectivity index (χ4n) is 1.62. The van der Waals surface area contributed by atoms with Crippen molar-refractivity contribution in [3.63, 3.8) is 0 Å². The van der Waals surface area contributed by atoms with Crippen LogP contribution in [0.5, 0.6) is 5.75 Å². The second-order valence-electron chi connectivity index (χ2n) is 4.17. The second-order valence-corrected chi connectivity index (χ2v) is 5.45. The Morgan fingerprint density at radius 1 is 1.35 bits per heavy atom. The third-order valence-corrected chi connectivity index (χ3v) is 3.42. The zero-order chi connectivity index (χ0) is 14.4. The minimum Gasteiger partial charge on any atom is -0.497 e. The molecule has 106 valence electrons. The smallest absolute Gasteiger partial charge is 0.185 e. The second kappa shape index (κ2) is 7.04. The molecular formula is C13H16N4O2S. The summed E-state index contributed by atoms with van der Waals surface area (Å²) in [5.74, 6) is 2.17. The summed E-state index contributed by atoms with van der Waals surface area (Å²) in [6.07, 6.45) is 0.646. The Morgan fingerprint density at radius 3 is 2.75 bits per heavy atom. The molecule has 0 aliphatic carbocycles. The van der Waals surface area contributed by atoms with Gasteiger partial charge in [0.15, 0.2) is 10.9 Å². The van der Waals surface area contributed by atoms with Gasteiger partial charge in [0.05, 0.1) is 13.7 Å². The minimum absolute atomic E-state index is 0.107. The van der Waals surface area contributed by atoms with E-state index in [-0.39, 0.29) is 5.12 Å². The van der Waals surface area contributed by atoms with Crippen LogP contribution in [0.2, 0.25) is 0 Å². The zero-order valence-electron chi connectivity index (χ0n) is 11.4. The highest BCUT2D eigenvalue weighted by Gasteiger charge is 2.05.